The van der Waals surface area contributed by atoms with Crippen molar-refractivity contribution in [3.63, 3.8) is 0 Å². The second-order valence-electron chi connectivity index (χ2n) is 4.88. The number of carbonyl (C=O) groups is 3. The second-order valence-corrected chi connectivity index (χ2v) is 5.31. The summed E-state index contributed by atoms with van der Waals surface area (Å²) in [7, 11) is 2.47. The number of hydrogen-bond donors (Lipinski definition) is 0. The molecule has 0 aromatic heterocycles. The van der Waals surface area contributed by atoms with Crippen LogP contribution in [0.15, 0.2) is 24.3 Å². The number of nitrogens with zero attached hydrogens (tertiary/aromatic N) is 1. The Balaban J connectivity index is 2.74. The lowest BCUT2D eigenvalue weighted by Crippen LogP contribution is -2.44. The first-order chi connectivity index (χ1) is 11.4. The summed E-state index contributed by atoms with van der Waals surface area (Å²) in [6, 6.07) is 6.53. The van der Waals surface area contributed by atoms with Gasteiger partial charge in [-0.25, -0.2) is 0 Å². The standard InChI is InChI=1S/C16H20ClNO6/c1-11(24-13-6-4-12(17)5-7-13)16(21)18(10-15(20)23-3)9-8-14(19)22-2/h4-7,11H,8-10H2,1-3H3. The monoisotopic (exact) mass is 357 g/mol. The first-order valence-electron chi connectivity index (χ1n) is 7.22. The molecule has 8 heteroatoms. The number of amides is 1. The minimum atomic E-state index is -0.853. The summed E-state index contributed by atoms with van der Waals surface area (Å²) >= 11 is 5.79. The van der Waals surface area contributed by atoms with Crippen LogP contribution < -0.4 is 4.74 Å². The molecule has 7 nitrogen and oxygen atoms in total. The number of rotatable bonds is 8. The minimum absolute atomic E-state index is 0.0227. The Morgan fingerprint density at radius 3 is 2.21 bits per heavy atom. The lowest BCUT2D eigenvalue weighted by Gasteiger charge is -2.24. The topological polar surface area (TPSA) is 82.1 Å². The van der Waals surface area contributed by atoms with Crippen LogP contribution in [0.3, 0.4) is 0 Å². The van der Waals surface area contributed by atoms with Crippen LogP contribution in [0, 0.1) is 0 Å². The number of benzene rings is 1. The normalized spacial score (nSPS) is 11.3. The van der Waals surface area contributed by atoms with Crippen LogP contribution in [0.4, 0.5) is 0 Å². The van der Waals surface area contributed by atoms with Gasteiger partial charge in [0, 0.05) is 11.6 Å². The van der Waals surface area contributed by atoms with Gasteiger partial charge in [-0.05, 0) is 31.2 Å². The van der Waals surface area contributed by atoms with Crippen LogP contribution in [0.1, 0.15) is 13.3 Å². The summed E-state index contributed by atoms with van der Waals surface area (Å²) in [5.74, 6) is -1.05. The third-order valence-corrected chi connectivity index (χ3v) is 3.40. The largest absolute Gasteiger partial charge is 0.481 e. The number of hydrogen-bond acceptors (Lipinski definition) is 6. The lowest BCUT2D eigenvalue weighted by molar-refractivity contribution is -0.151. The van der Waals surface area contributed by atoms with E-state index in [0.29, 0.717) is 10.8 Å². The van der Waals surface area contributed by atoms with Crippen LogP contribution in [-0.4, -0.2) is 56.2 Å². The molecule has 0 aliphatic rings. The third kappa shape index (κ3) is 6.45. The van der Waals surface area contributed by atoms with Crippen LogP contribution in [0.5, 0.6) is 5.75 Å². The van der Waals surface area contributed by atoms with E-state index in [9.17, 15) is 14.4 Å². The van der Waals surface area contributed by atoms with Crippen LogP contribution in [-0.2, 0) is 23.9 Å². The van der Waals surface area contributed by atoms with E-state index >= 15 is 0 Å². The van der Waals surface area contributed by atoms with Gasteiger partial charge in [-0.1, -0.05) is 11.6 Å². The van der Waals surface area contributed by atoms with Gasteiger partial charge in [-0.2, -0.15) is 0 Å². The van der Waals surface area contributed by atoms with Crippen molar-refractivity contribution in [3.8, 4) is 5.75 Å². The average molecular weight is 358 g/mol. The zero-order valence-electron chi connectivity index (χ0n) is 13.8. The molecule has 132 valence electrons. The molecule has 1 aromatic carbocycles. The van der Waals surface area contributed by atoms with Crippen molar-refractivity contribution in [2.75, 3.05) is 27.3 Å². The van der Waals surface area contributed by atoms with Gasteiger partial charge in [-0.3, -0.25) is 14.4 Å². The van der Waals surface area contributed by atoms with E-state index in [1.54, 1.807) is 31.2 Å². The Morgan fingerprint density at radius 2 is 1.67 bits per heavy atom. The van der Waals surface area contributed by atoms with E-state index in [2.05, 4.69) is 9.47 Å². The molecule has 0 aliphatic carbocycles. The molecule has 1 rings (SSSR count). The molecule has 1 aromatic rings. The SMILES string of the molecule is COC(=O)CCN(CC(=O)OC)C(=O)C(C)Oc1ccc(Cl)cc1. The predicted octanol–water partition coefficient (Wildman–Crippen LogP) is 1.67. The Kier molecular flexibility index (Phi) is 8.05. The Labute approximate surface area is 145 Å². The predicted molar refractivity (Wildman–Crippen MR) is 86.8 cm³/mol. The van der Waals surface area contributed by atoms with E-state index in [1.165, 1.54) is 19.1 Å². The molecule has 0 fully saturated rings. The van der Waals surface area contributed by atoms with Gasteiger partial charge >= 0.3 is 11.9 Å². The van der Waals surface area contributed by atoms with Crippen molar-refractivity contribution < 1.29 is 28.6 Å². The molecule has 1 amide bonds. The van der Waals surface area contributed by atoms with Crippen molar-refractivity contribution in [2.45, 2.75) is 19.4 Å². The Bertz CT molecular complexity index is 574. The maximum Gasteiger partial charge on any atom is 0.325 e. The molecular formula is C16H20ClNO6. The molecule has 0 radical (unpaired) electrons. The van der Waals surface area contributed by atoms with Gasteiger partial charge in [0.1, 0.15) is 12.3 Å². The summed E-state index contributed by atoms with van der Waals surface area (Å²) in [6.45, 7) is 1.30. The number of esters is 2. The van der Waals surface area contributed by atoms with Crippen LogP contribution in [0.2, 0.25) is 5.02 Å². The minimum Gasteiger partial charge on any atom is -0.481 e. The highest BCUT2D eigenvalue weighted by Crippen LogP contribution is 2.17. The molecular weight excluding hydrogens is 338 g/mol. The highest BCUT2D eigenvalue weighted by atomic mass is 35.5. The molecule has 0 heterocycles. The van der Waals surface area contributed by atoms with Gasteiger partial charge in [-0.15, -0.1) is 0 Å². The van der Waals surface area contributed by atoms with Crippen molar-refractivity contribution >= 4 is 29.4 Å². The van der Waals surface area contributed by atoms with Gasteiger partial charge in [0.2, 0.25) is 0 Å². The Hall–Kier alpha value is -2.28. The molecule has 0 N–H and O–H groups in total. The highest BCUT2D eigenvalue weighted by Gasteiger charge is 2.25. The fourth-order valence-electron chi connectivity index (χ4n) is 1.84. The first-order valence-corrected chi connectivity index (χ1v) is 7.59. The fourth-order valence-corrected chi connectivity index (χ4v) is 1.97. The molecule has 1 unspecified atom stereocenters. The summed E-state index contributed by atoms with van der Waals surface area (Å²) in [5, 5.41) is 0.548. The highest BCUT2D eigenvalue weighted by molar-refractivity contribution is 6.30. The molecule has 1 atom stereocenters. The van der Waals surface area contributed by atoms with Gasteiger partial charge < -0.3 is 19.1 Å². The van der Waals surface area contributed by atoms with Crippen molar-refractivity contribution in [2.24, 2.45) is 0 Å². The number of ether oxygens (including phenoxy) is 3. The van der Waals surface area contributed by atoms with E-state index in [0.717, 1.165) is 0 Å². The average Bonchev–Trinajstić information content (AvgIpc) is 2.59. The van der Waals surface area contributed by atoms with Gasteiger partial charge in [0.25, 0.3) is 5.91 Å². The number of methoxy groups -OCH3 is 2. The molecule has 0 saturated carbocycles. The molecule has 0 spiro atoms. The first kappa shape index (κ1) is 19.8. The maximum atomic E-state index is 12.5. The van der Waals surface area contributed by atoms with Crippen LogP contribution in [0.25, 0.3) is 0 Å². The van der Waals surface area contributed by atoms with Crippen molar-refractivity contribution in [1.82, 2.24) is 4.90 Å². The van der Waals surface area contributed by atoms with E-state index < -0.39 is 23.9 Å². The quantitative estimate of drug-likeness (QED) is 0.658. The van der Waals surface area contributed by atoms with Crippen LogP contribution >= 0.6 is 11.6 Å². The molecule has 24 heavy (non-hydrogen) atoms. The van der Waals surface area contributed by atoms with Crippen molar-refractivity contribution in [1.29, 1.82) is 0 Å². The second kappa shape index (κ2) is 9.77. The Morgan fingerprint density at radius 1 is 1.08 bits per heavy atom. The summed E-state index contributed by atoms with van der Waals surface area (Å²) in [6.07, 6.45) is -0.888. The molecule has 0 aliphatic heterocycles. The zero-order valence-corrected chi connectivity index (χ0v) is 14.5. The van der Waals surface area contributed by atoms with E-state index in [-0.39, 0.29) is 19.5 Å². The smallest absolute Gasteiger partial charge is 0.325 e. The van der Waals surface area contributed by atoms with Crippen molar-refractivity contribution in [3.05, 3.63) is 29.3 Å². The fraction of sp³-hybridized carbons (Fsp3) is 0.438. The molecule has 0 saturated heterocycles. The lowest BCUT2D eigenvalue weighted by atomic mass is 10.3. The summed E-state index contributed by atoms with van der Waals surface area (Å²) in [5.41, 5.74) is 0. The third-order valence-electron chi connectivity index (χ3n) is 3.15. The number of carbonyl (C=O) groups excluding carboxylic acids is 3. The van der Waals surface area contributed by atoms with E-state index in [1.807, 2.05) is 0 Å². The van der Waals surface area contributed by atoms with Gasteiger partial charge in [0.05, 0.1) is 20.6 Å². The van der Waals surface area contributed by atoms with Gasteiger partial charge in [0.15, 0.2) is 6.10 Å². The zero-order chi connectivity index (χ0) is 18.1. The summed E-state index contributed by atoms with van der Waals surface area (Å²) < 4.78 is 14.7. The van der Waals surface area contributed by atoms with E-state index in [4.69, 9.17) is 16.3 Å². The maximum absolute atomic E-state index is 12.5. The summed E-state index contributed by atoms with van der Waals surface area (Å²) in [4.78, 5) is 36.4. The number of halogens is 1. The molecule has 0 bridgehead atoms.